The van der Waals surface area contributed by atoms with Crippen molar-refractivity contribution in [2.75, 3.05) is 0 Å². The minimum Gasteiger partial charge on any atom is -0.242 e. The molecule has 0 saturated heterocycles. The lowest BCUT2D eigenvalue weighted by molar-refractivity contribution is 0.829. The van der Waals surface area contributed by atoms with Crippen LogP contribution < -0.4 is 0 Å². The lowest BCUT2D eigenvalue weighted by Gasteiger charge is -2.05. The highest BCUT2D eigenvalue weighted by atomic mass is 32.1. The van der Waals surface area contributed by atoms with Gasteiger partial charge in [0.25, 0.3) is 0 Å². The highest BCUT2D eigenvalue weighted by molar-refractivity contribution is 7.16. The minimum absolute atomic E-state index is 0.519. The molecule has 1 nitrogen and oxygen atoms in total. The van der Waals surface area contributed by atoms with Crippen LogP contribution in [0.25, 0.3) is 10.2 Å². The number of hydrogen-bond acceptors (Lipinski definition) is 2. The van der Waals surface area contributed by atoms with Crippen molar-refractivity contribution in [2.24, 2.45) is 0 Å². The Morgan fingerprint density at radius 2 is 2.15 bits per heavy atom. The van der Waals surface area contributed by atoms with Crippen molar-refractivity contribution >= 4 is 21.6 Å². The van der Waals surface area contributed by atoms with Gasteiger partial charge in [0.05, 0.1) is 0 Å². The normalized spacial score (nSPS) is 11.4. The van der Waals surface area contributed by atoms with Gasteiger partial charge in [-0.1, -0.05) is 13.8 Å². The molecule has 0 aromatic carbocycles. The number of hydrogen-bond donors (Lipinski definition) is 0. The molecule has 0 fully saturated rings. The van der Waals surface area contributed by atoms with E-state index in [1.807, 2.05) is 0 Å². The maximum Gasteiger partial charge on any atom is 0.123 e. The molecule has 0 bridgehead atoms. The fraction of sp³-hybridized carbons (Fsp3) is 0.364. The third-order valence-electron chi connectivity index (χ3n) is 2.26. The Balaban J connectivity index is 2.70. The molecule has 0 atom stereocenters. The van der Waals surface area contributed by atoms with Crippen molar-refractivity contribution in [3.8, 4) is 0 Å². The summed E-state index contributed by atoms with van der Waals surface area (Å²) in [5.74, 6) is 0.519. The Kier molecular flexibility index (Phi) is 2.08. The van der Waals surface area contributed by atoms with Crippen LogP contribution in [-0.2, 0) is 0 Å². The number of rotatable bonds is 1. The summed E-state index contributed by atoms with van der Waals surface area (Å²) in [6, 6.07) is 4.34. The van der Waals surface area contributed by atoms with Crippen LogP contribution in [0.4, 0.5) is 0 Å². The van der Waals surface area contributed by atoms with E-state index in [9.17, 15) is 0 Å². The molecule has 0 N–H and O–H groups in total. The number of aryl methyl sites for hydroxylation is 1. The van der Waals surface area contributed by atoms with Gasteiger partial charge in [0, 0.05) is 11.1 Å². The Morgan fingerprint density at radius 1 is 1.38 bits per heavy atom. The minimum atomic E-state index is 0.519. The summed E-state index contributed by atoms with van der Waals surface area (Å²) in [6.45, 7) is 6.52. The molecule has 68 valence electrons. The Morgan fingerprint density at radius 3 is 2.85 bits per heavy atom. The second-order valence-electron chi connectivity index (χ2n) is 3.66. The highest BCUT2D eigenvalue weighted by Gasteiger charge is 2.05. The van der Waals surface area contributed by atoms with Crippen LogP contribution in [0.2, 0.25) is 0 Å². The van der Waals surface area contributed by atoms with Gasteiger partial charge in [0.1, 0.15) is 4.83 Å². The van der Waals surface area contributed by atoms with E-state index in [1.54, 1.807) is 11.3 Å². The van der Waals surface area contributed by atoms with Gasteiger partial charge >= 0.3 is 0 Å². The van der Waals surface area contributed by atoms with E-state index < -0.39 is 0 Å². The average Bonchev–Trinajstić information content (AvgIpc) is 2.51. The van der Waals surface area contributed by atoms with Crippen molar-refractivity contribution in [1.82, 2.24) is 4.98 Å². The van der Waals surface area contributed by atoms with Gasteiger partial charge < -0.3 is 0 Å². The van der Waals surface area contributed by atoms with Crippen molar-refractivity contribution in [3.63, 3.8) is 0 Å². The molecule has 2 rings (SSSR count). The van der Waals surface area contributed by atoms with Crippen molar-refractivity contribution < 1.29 is 0 Å². The topological polar surface area (TPSA) is 12.9 Å². The number of nitrogens with zero attached hydrogens (tertiary/aromatic N) is 1. The van der Waals surface area contributed by atoms with Gasteiger partial charge in [0.2, 0.25) is 0 Å². The molecular weight excluding hydrogens is 178 g/mol. The summed E-state index contributed by atoms with van der Waals surface area (Å²) in [6.07, 6.45) is 0. The van der Waals surface area contributed by atoms with Gasteiger partial charge in [-0.3, -0.25) is 0 Å². The molecule has 0 unspecified atom stereocenters. The first-order valence-electron chi connectivity index (χ1n) is 4.53. The van der Waals surface area contributed by atoms with Crippen molar-refractivity contribution in [3.05, 3.63) is 28.8 Å². The molecule has 0 aliphatic rings. The predicted molar refractivity (Wildman–Crippen MR) is 58.4 cm³/mol. The molecule has 2 heterocycles. The van der Waals surface area contributed by atoms with Crippen LogP contribution in [-0.4, -0.2) is 4.98 Å². The second kappa shape index (κ2) is 3.11. The van der Waals surface area contributed by atoms with Gasteiger partial charge in [-0.25, -0.2) is 4.98 Å². The summed E-state index contributed by atoms with van der Waals surface area (Å²) in [7, 11) is 0. The molecule has 2 aromatic rings. The third kappa shape index (κ3) is 1.46. The fourth-order valence-electron chi connectivity index (χ4n) is 1.43. The van der Waals surface area contributed by atoms with Crippen LogP contribution in [0.1, 0.15) is 31.0 Å². The molecule has 0 amide bonds. The standard InChI is InChI=1S/C11H13NS/c1-7(2)10-6-8(3)9-4-5-13-11(9)12-10/h4-7H,1-3H3. The lowest BCUT2D eigenvalue weighted by atomic mass is 10.1. The van der Waals surface area contributed by atoms with E-state index >= 15 is 0 Å². The first-order valence-corrected chi connectivity index (χ1v) is 5.41. The van der Waals surface area contributed by atoms with E-state index in [1.165, 1.54) is 21.5 Å². The van der Waals surface area contributed by atoms with E-state index in [0.717, 1.165) is 0 Å². The van der Waals surface area contributed by atoms with Crippen LogP contribution in [0, 0.1) is 6.92 Å². The van der Waals surface area contributed by atoms with E-state index in [0.29, 0.717) is 5.92 Å². The van der Waals surface area contributed by atoms with Crippen molar-refractivity contribution in [1.29, 1.82) is 0 Å². The summed E-state index contributed by atoms with van der Waals surface area (Å²) in [4.78, 5) is 5.78. The monoisotopic (exact) mass is 191 g/mol. The summed E-state index contributed by atoms with van der Waals surface area (Å²) >= 11 is 1.72. The first-order chi connectivity index (χ1) is 6.18. The number of fused-ring (bicyclic) bond motifs is 1. The van der Waals surface area contributed by atoms with Crippen LogP contribution in [0.5, 0.6) is 0 Å². The maximum absolute atomic E-state index is 4.61. The third-order valence-corrected chi connectivity index (χ3v) is 3.06. The average molecular weight is 191 g/mol. The zero-order chi connectivity index (χ0) is 9.42. The molecule has 0 aliphatic heterocycles. The van der Waals surface area contributed by atoms with Gasteiger partial charge in [0.15, 0.2) is 0 Å². The second-order valence-corrected chi connectivity index (χ2v) is 4.55. The summed E-state index contributed by atoms with van der Waals surface area (Å²) in [5.41, 5.74) is 2.54. The van der Waals surface area contributed by atoms with Crippen LogP contribution in [0.15, 0.2) is 17.5 Å². The number of aromatic nitrogens is 1. The molecule has 0 saturated carbocycles. The Hall–Kier alpha value is -0.890. The molecule has 2 aromatic heterocycles. The fourth-order valence-corrected chi connectivity index (χ4v) is 2.28. The van der Waals surface area contributed by atoms with Gasteiger partial charge in [-0.15, -0.1) is 11.3 Å². The summed E-state index contributed by atoms with van der Waals surface area (Å²) < 4.78 is 0. The molecule has 13 heavy (non-hydrogen) atoms. The molecular formula is C11H13NS. The smallest absolute Gasteiger partial charge is 0.123 e. The maximum atomic E-state index is 4.61. The highest BCUT2D eigenvalue weighted by Crippen LogP contribution is 2.25. The Bertz CT molecular complexity index is 429. The number of pyridine rings is 1. The van der Waals surface area contributed by atoms with Crippen molar-refractivity contribution in [2.45, 2.75) is 26.7 Å². The van der Waals surface area contributed by atoms with Gasteiger partial charge in [-0.05, 0) is 35.9 Å². The zero-order valence-electron chi connectivity index (χ0n) is 8.16. The van der Waals surface area contributed by atoms with E-state index in [4.69, 9.17) is 0 Å². The van der Waals surface area contributed by atoms with E-state index in [2.05, 4.69) is 43.3 Å². The van der Waals surface area contributed by atoms with Gasteiger partial charge in [-0.2, -0.15) is 0 Å². The molecule has 0 radical (unpaired) electrons. The molecule has 0 aliphatic carbocycles. The largest absolute Gasteiger partial charge is 0.242 e. The quantitative estimate of drug-likeness (QED) is 0.669. The van der Waals surface area contributed by atoms with E-state index in [-0.39, 0.29) is 0 Å². The van der Waals surface area contributed by atoms with Crippen LogP contribution in [0.3, 0.4) is 0 Å². The Labute approximate surface area is 82.4 Å². The molecule has 2 heteroatoms. The summed E-state index contributed by atoms with van der Waals surface area (Å²) in [5, 5.41) is 3.41. The predicted octanol–water partition coefficient (Wildman–Crippen LogP) is 3.73. The first kappa shape index (κ1) is 8.70. The SMILES string of the molecule is Cc1cc(C(C)C)nc2sccc12. The zero-order valence-corrected chi connectivity index (χ0v) is 8.98. The lowest BCUT2D eigenvalue weighted by Crippen LogP contribution is -1.92. The number of thiophene rings is 1. The molecule has 0 spiro atoms. The van der Waals surface area contributed by atoms with Crippen LogP contribution >= 0.6 is 11.3 Å².